The zero-order valence-corrected chi connectivity index (χ0v) is 27.0. The van der Waals surface area contributed by atoms with E-state index in [1.54, 1.807) is 13.0 Å². The number of carbonyl (C=O) groups excluding carboxylic acids is 4. The SMILES string of the molecule is CCCC[C@@H](CF)N1C(=O)c2ccc3c4c(C#N)cc5c6c(ccc(c7c(C#N)cc(c2c37)C1=O)c64)C(=O)N([C@@H](CCCC)C(F)(F)F)C5=O. The molecule has 0 bridgehead atoms. The summed E-state index contributed by atoms with van der Waals surface area (Å²) in [5, 5.41) is 22.9. The van der Waals surface area contributed by atoms with Gasteiger partial charge in [0.25, 0.3) is 23.6 Å². The minimum atomic E-state index is -4.90. The number of alkyl halides is 4. The van der Waals surface area contributed by atoms with Gasteiger partial charge in [-0.1, -0.05) is 51.7 Å². The van der Waals surface area contributed by atoms with E-state index in [1.165, 1.54) is 30.3 Å². The molecule has 252 valence electrons. The second-order valence-corrected chi connectivity index (χ2v) is 12.8. The summed E-state index contributed by atoms with van der Waals surface area (Å²) in [7, 11) is 0. The third kappa shape index (κ3) is 4.40. The highest BCUT2D eigenvalue weighted by atomic mass is 19.4. The van der Waals surface area contributed by atoms with Crippen molar-refractivity contribution >= 4 is 66.7 Å². The summed E-state index contributed by atoms with van der Waals surface area (Å²) in [6.45, 7) is 2.66. The van der Waals surface area contributed by atoms with E-state index in [2.05, 4.69) is 12.1 Å². The first-order valence-corrected chi connectivity index (χ1v) is 16.4. The Morgan fingerprint density at radius 1 is 0.640 bits per heavy atom. The van der Waals surface area contributed by atoms with Crippen LogP contribution in [0, 0.1) is 22.7 Å². The fourth-order valence-electron chi connectivity index (χ4n) is 7.85. The molecule has 7 rings (SSSR count). The Bertz CT molecular complexity index is 2420. The van der Waals surface area contributed by atoms with Gasteiger partial charge in [-0.3, -0.25) is 29.0 Å². The first kappa shape index (κ1) is 32.9. The lowest BCUT2D eigenvalue weighted by atomic mass is 9.79. The van der Waals surface area contributed by atoms with Crippen molar-refractivity contribution in [3.63, 3.8) is 0 Å². The first-order valence-electron chi connectivity index (χ1n) is 16.4. The van der Waals surface area contributed by atoms with E-state index in [0.717, 1.165) is 11.3 Å². The number of fused-ring (bicyclic) bond motifs is 2. The molecule has 0 aliphatic carbocycles. The summed E-state index contributed by atoms with van der Waals surface area (Å²) >= 11 is 0. The van der Waals surface area contributed by atoms with Gasteiger partial charge < -0.3 is 0 Å². The Morgan fingerprint density at radius 2 is 1.08 bits per heavy atom. The van der Waals surface area contributed by atoms with Crippen molar-refractivity contribution in [2.75, 3.05) is 6.67 Å². The lowest BCUT2D eigenvalue weighted by Gasteiger charge is -2.35. The lowest BCUT2D eigenvalue weighted by Crippen LogP contribution is -2.53. The quantitative estimate of drug-likeness (QED) is 0.0668. The number of rotatable bonds is 9. The molecular weight excluding hydrogens is 652 g/mol. The largest absolute Gasteiger partial charge is 0.409 e. The van der Waals surface area contributed by atoms with Crippen LogP contribution in [-0.2, 0) is 0 Å². The maximum atomic E-state index is 14.4. The van der Waals surface area contributed by atoms with E-state index in [1.807, 2.05) is 6.92 Å². The summed E-state index contributed by atoms with van der Waals surface area (Å²) in [4.78, 5) is 56.9. The van der Waals surface area contributed by atoms with Crippen LogP contribution in [0.5, 0.6) is 0 Å². The standard InChI is InChI=1S/C38H28F4N4O4/c1-3-5-7-20(15-39)45-34(47)23-11-9-21-29-19(17-44)14-26-31-24(35(48)46(37(26)50)27(8-6-4-2)38(40,41)42)12-10-22(33(29)31)28-18(16-43)13-25(36(45)49)30(23)32(21)28/h9-14,20,27H,3-8,15H2,1-2H3/t20-,27-/m0/s1. The predicted molar refractivity (Wildman–Crippen MR) is 177 cm³/mol. The highest BCUT2D eigenvalue weighted by Crippen LogP contribution is 2.49. The van der Waals surface area contributed by atoms with Crippen molar-refractivity contribution in [3.05, 3.63) is 69.8 Å². The van der Waals surface area contributed by atoms with Crippen LogP contribution in [0.3, 0.4) is 0 Å². The lowest BCUT2D eigenvalue weighted by molar-refractivity contribution is -0.173. The van der Waals surface area contributed by atoms with E-state index < -0.39 is 55.0 Å². The van der Waals surface area contributed by atoms with Crippen LogP contribution < -0.4 is 0 Å². The molecule has 5 aromatic rings. The summed E-state index contributed by atoms with van der Waals surface area (Å²) in [5.74, 6) is -3.75. The smallest absolute Gasteiger partial charge is 0.269 e. The number of halogens is 4. The number of imide groups is 2. The normalized spacial score (nSPS) is 15.8. The van der Waals surface area contributed by atoms with Gasteiger partial charge in [0.15, 0.2) is 0 Å². The Labute approximate surface area is 282 Å². The molecule has 2 atom stereocenters. The van der Waals surface area contributed by atoms with Crippen LogP contribution >= 0.6 is 0 Å². The average Bonchev–Trinajstić information content (AvgIpc) is 3.10. The number of hydrogen-bond acceptors (Lipinski definition) is 6. The van der Waals surface area contributed by atoms with Crippen molar-refractivity contribution in [1.82, 2.24) is 9.80 Å². The molecule has 0 unspecified atom stereocenters. The van der Waals surface area contributed by atoms with Crippen LogP contribution in [0.25, 0.3) is 43.1 Å². The molecule has 0 saturated heterocycles. The van der Waals surface area contributed by atoms with Crippen LogP contribution in [0.15, 0.2) is 36.4 Å². The fraction of sp³-hybridized carbons (Fsp3) is 0.316. The minimum Gasteiger partial charge on any atom is -0.269 e. The molecule has 8 nitrogen and oxygen atoms in total. The van der Waals surface area contributed by atoms with Crippen molar-refractivity contribution in [3.8, 4) is 12.1 Å². The van der Waals surface area contributed by atoms with E-state index in [0.29, 0.717) is 29.0 Å². The van der Waals surface area contributed by atoms with Gasteiger partial charge in [0.2, 0.25) is 0 Å². The van der Waals surface area contributed by atoms with Crippen LogP contribution in [-0.4, -0.2) is 58.4 Å². The summed E-state index contributed by atoms with van der Waals surface area (Å²) in [5.41, 5.74) is -0.352. The molecule has 4 amide bonds. The molecule has 0 spiro atoms. The zero-order valence-electron chi connectivity index (χ0n) is 27.0. The zero-order chi connectivity index (χ0) is 35.8. The van der Waals surface area contributed by atoms with Crippen LogP contribution in [0.1, 0.15) is 105 Å². The molecule has 0 fully saturated rings. The third-order valence-corrected chi connectivity index (χ3v) is 10.1. The van der Waals surface area contributed by atoms with Gasteiger partial charge >= 0.3 is 6.18 Å². The summed E-state index contributed by atoms with van der Waals surface area (Å²) in [6, 6.07) is 9.10. The van der Waals surface area contributed by atoms with E-state index in [-0.39, 0.29) is 78.1 Å². The number of unbranched alkanes of at least 4 members (excludes halogenated alkanes) is 2. The Morgan fingerprint density at radius 3 is 1.52 bits per heavy atom. The molecule has 5 aromatic carbocycles. The maximum Gasteiger partial charge on any atom is 0.409 e. The van der Waals surface area contributed by atoms with Gasteiger partial charge in [-0.15, -0.1) is 0 Å². The van der Waals surface area contributed by atoms with E-state index in [4.69, 9.17) is 0 Å². The second kappa shape index (κ2) is 11.8. The molecule has 12 heteroatoms. The molecule has 0 radical (unpaired) electrons. The summed E-state index contributed by atoms with van der Waals surface area (Å²) < 4.78 is 57.4. The third-order valence-electron chi connectivity index (χ3n) is 10.1. The van der Waals surface area contributed by atoms with Gasteiger partial charge in [-0.2, -0.15) is 23.7 Å². The van der Waals surface area contributed by atoms with Gasteiger partial charge in [0.1, 0.15) is 12.7 Å². The molecule has 2 aliphatic heterocycles. The molecule has 0 aromatic heterocycles. The van der Waals surface area contributed by atoms with Crippen molar-refractivity contribution in [2.24, 2.45) is 0 Å². The molecule has 0 N–H and O–H groups in total. The van der Waals surface area contributed by atoms with Crippen LogP contribution in [0.4, 0.5) is 17.6 Å². The Hall–Kier alpha value is -5.62. The Kier molecular flexibility index (Phi) is 7.74. The van der Waals surface area contributed by atoms with Gasteiger partial charge in [-0.05, 0) is 47.9 Å². The van der Waals surface area contributed by atoms with Gasteiger partial charge in [0, 0.05) is 43.4 Å². The first-order chi connectivity index (χ1) is 23.9. The van der Waals surface area contributed by atoms with Crippen molar-refractivity contribution in [1.29, 1.82) is 10.5 Å². The number of amides is 4. The highest BCUT2D eigenvalue weighted by molar-refractivity contribution is 6.42. The molecule has 0 saturated carbocycles. The predicted octanol–water partition coefficient (Wildman–Crippen LogP) is 8.32. The van der Waals surface area contributed by atoms with E-state index >= 15 is 0 Å². The number of nitriles is 2. The summed E-state index contributed by atoms with van der Waals surface area (Å²) in [6.07, 6.45) is -3.31. The van der Waals surface area contributed by atoms with Crippen LogP contribution in [0.2, 0.25) is 0 Å². The Balaban J connectivity index is 1.57. The monoisotopic (exact) mass is 680 g/mol. The maximum absolute atomic E-state index is 14.4. The molecular formula is C38H28F4N4O4. The topological polar surface area (TPSA) is 122 Å². The fourth-order valence-corrected chi connectivity index (χ4v) is 7.85. The minimum absolute atomic E-state index is 0.00977. The van der Waals surface area contributed by atoms with Crippen molar-refractivity contribution in [2.45, 2.75) is 70.6 Å². The second-order valence-electron chi connectivity index (χ2n) is 12.8. The van der Waals surface area contributed by atoms with Gasteiger partial charge in [-0.25, -0.2) is 4.39 Å². The number of hydrogen-bond donors (Lipinski definition) is 0. The highest BCUT2D eigenvalue weighted by Gasteiger charge is 2.50. The van der Waals surface area contributed by atoms with E-state index in [9.17, 15) is 47.3 Å². The van der Waals surface area contributed by atoms with Crippen molar-refractivity contribution < 1.29 is 36.7 Å². The number of benzene rings is 5. The molecule has 2 heterocycles. The number of carbonyl (C=O) groups is 4. The van der Waals surface area contributed by atoms with Gasteiger partial charge in [0.05, 0.1) is 40.4 Å². The average molecular weight is 681 g/mol. The number of nitrogens with zero attached hydrogens (tertiary/aromatic N) is 4. The molecule has 50 heavy (non-hydrogen) atoms. The molecule has 2 aliphatic rings.